The van der Waals surface area contributed by atoms with Crippen molar-refractivity contribution in [2.45, 2.75) is 32.1 Å². The number of carbonyl (C=O) groups is 1. The fourth-order valence-corrected chi connectivity index (χ4v) is 3.22. The normalized spacial score (nSPS) is 10.5. The zero-order valence-electron chi connectivity index (χ0n) is 12.2. The number of hydrogen-bond donors (Lipinski definition) is 1. The van der Waals surface area contributed by atoms with Crippen LogP contribution in [0.25, 0.3) is 0 Å². The Bertz CT molecular complexity index is 572. The van der Waals surface area contributed by atoms with Crippen LogP contribution in [-0.2, 0) is 17.6 Å². The first-order chi connectivity index (χ1) is 10.2. The van der Waals surface area contributed by atoms with Crippen LogP contribution in [0.2, 0.25) is 0 Å². The van der Waals surface area contributed by atoms with E-state index in [0.29, 0.717) is 0 Å². The molecule has 0 aliphatic heterocycles. The Labute approximate surface area is 129 Å². The Morgan fingerprint density at radius 2 is 1.95 bits per heavy atom. The third-order valence-electron chi connectivity index (χ3n) is 3.44. The summed E-state index contributed by atoms with van der Waals surface area (Å²) in [5.74, 6) is 0.164. The second kappa shape index (κ2) is 7.84. The van der Waals surface area contributed by atoms with Gasteiger partial charge in [0.25, 0.3) is 0 Å². The summed E-state index contributed by atoms with van der Waals surface area (Å²) in [6, 6.07) is 10.3. The third-order valence-corrected chi connectivity index (χ3v) is 4.46. The first-order valence-electron chi connectivity index (χ1n) is 7.09. The van der Waals surface area contributed by atoms with Crippen LogP contribution in [0.3, 0.4) is 0 Å². The van der Waals surface area contributed by atoms with E-state index in [-0.39, 0.29) is 6.42 Å². The van der Waals surface area contributed by atoms with Crippen molar-refractivity contribution in [1.29, 1.82) is 0 Å². The number of methoxy groups -OCH3 is 1. The summed E-state index contributed by atoms with van der Waals surface area (Å²) in [6.07, 6.45) is 3.83. The zero-order chi connectivity index (χ0) is 15.1. The van der Waals surface area contributed by atoms with E-state index in [1.54, 1.807) is 18.4 Å². The highest BCUT2D eigenvalue weighted by atomic mass is 32.1. The molecule has 0 fully saturated rings. The molecule has 0 amide bonds. The van der Waals surface area contributed by atoms with Gasteiger partial charge in [-0.2, -0.15) is 0 Å². The monoisotopic (exact) mass is 304 g/mol. The minimum atomic E-state index is -0.709. The van der Waals surface area contributed by atoms with Crippen molar-refractivity contribution in [3.63, 3.8) is 0 Å². The van der Waals surface area contributed by atoms with Crippen LogP contribution in [0, 0.1) is 0 Å². The number of carboxylic acids is 1. The van der Waals surface area contributed by atoms with Crippen molar-refractivity contribution in [2.75, 3.05) is 7.11 Å². The summed E-state index contributed by atoms with van der Waals surface area (Å²) in [5.41, 5.74) is 2.61. The number of benzene rings is 1. The van der Waals surface area contributed by atoms with Crippen LogP contribution in [0.1, 0.15) is 35.3 Å². The highest BCUT2D eigenvalue weighted by molar-refractivity contribution is 7.10. The van der Waals surface area contributed by atoms with Gasteiger partial charge in [0.2, 0.25) is 0 Å². The lowest BCUT2D eigenvalue weighted by Crippen LogP contribution is -1.96. The minimum absolute atomic E-state index is 0.263. The molecule has 112 valence electrons. The average molecular weight is 304 g/mol. The van der Waals surface area contributed by atoms with Crippen LogP contribution in [-0.4, -0.2) is 18.2 Å². The fraction of sp³-hybridized carbons (Fsp3) is 0.353. The number of rotatable bonds is 8. The molecule has 0 aliphatic rings. The standard InChI is InChI=1S/C17H20O3S/c1-20-15-8-6-13(7-9-15)12-14-10-11-21-16(14)4-2-3-5-17(18)19/h6-11H,2-5,12H2,1H3,(H,18,19). The Hall–Kier alpha value is -1.81. The van der Waals surface area contributed by atoms with Crippen LogP contribution < -0.4 is 4.74 Å². The van der Waals surface area contributed by atoms with Crippen molar-refractivity contribution in [3.8, 4) is 5.75 Å². The molecule has 0 unspecified atom stereocenters. The van der Waals surface area contributed by atoms with E-state index in [1.165, 1.54) is 16.0 Å². The molecule has 0 bridgehead atoms. The van der Waals surface area contributed by atoms with E-state index in [1.807, 2.05) is 12.1 Å². The second-order valence-electron chi connectivity index (χ2n) is 4.99. The lowest BCUT2D eigenvalue weighted by atomic mass is 10.0. The summed E-state index contributed by atoms with van der Waals surface area (Å²) < 4.78 is 5.17. The van der Waals surface area contributed by atoms with Gasteiger partial charge in [0.1, 0.15) is 5.75 Å². The molecular weight excluding hydrogens is 284 g/mol. The molecule has 2 rings (SSSR count). The van der Waals surface area contributed by atoms with Gasteiger partial charge in [0.05, 0.1) is 7.11 Å². The van der Waals surface area contributed by atoms with Crippen LogP contribution in [0.5, 0.6) is 5.75 Å². The van der Waals surface area contributed by atoms with Gasteiger partial charge in [-0.05, 0) is 60.4 Å². The van der Waals surface area contributed by atoms with Gasteiger partial charge in [0.15, 0.2) is 0 Å². The number of unbranched alkanes of at least 4 members (excludes halogenated alkanes) is 1. The molecule has 3 nitrogen and oxygen atoms in total. The first kappa shape index (κ1) is 15.6. The van der Waals surface area contributed by atoms with Gasteiger partial charge in [-0.3, -0.25) is 4.79 Å². The fourth-order valence-electron chi connectivity index (χ4n) is 2.27. The molecule has 1 aromatic carbocycles. The molecule has 0 aliphatic carbocycles. The van der Waals surface area contributed by atoms with Crippen molar-refractivity contribution in [2.24, 2.45) is 0 Å². The Morgan fingerprint density at radius 3 is 2.62 bits per heavy atom. The van der Waals surface area contributed by atoms with Crippen molar-refractivity contribution in [1.82, 2.24) is 0 Å². The SMILES string of the molecule is COc1ccc(Cc2ccsc2CCCCC(=O)O)cc1. The lowest BCUT2D eigenvalue weighted by Gasteiger charge is -2.05. The molecule has 1 N–H and O–H groups in total. The summed E-state index contributed by atoms with van der Waals surface area (Å²) in [7, 11) is 1.67. The molecule has 0 saturated carbocycles. The highest BCUT2D eigenvalue weighted by Gasteiger charge is 2.06. The first-order valence-corrected chi connectivity index (χ1v) is 7.97. The second-order valence-corrected chi connectivity index (χ2v) is 6.00. The molecule has 0 spiro atoms. The molecule has 1 aromatic heterocycles. The number of aryl methyl sites for hydroxylation is 1. The van der Waals surface area contributed by atoms with E-state index in [0.717, 1.165) is 31.4 Å². The maximum atomic E-state index is 10.5. The smallest absolute Gasteiger partial charge is 0.303 e. The number of hydrogen-bond acceptors (Lipinski definition) is 3. The molecule has 2 aromatic rings. The van der Waals surface area contributed by atoms with E-state index >= 15 is 0 Å². The average Bonchev–Trinajstić information content (AvgIpc) is 2.91. The topological polar surface area (TPSA) is 46.5 Å². The maximum absolute atomic E-state index is 10.5. The zero-order valence-corrected chi connectivity index (χ0v) is 13.0. The number of carboxylic acid groups (broad SMARTS) is 1. The molecule has 0 radical (unpaired) electrons. The third kappa shape index (κ3) is 4.90. The van der Waals surface area contributed by atoms with E-state index in [2.05, 4.69) is 23.6 Å². The number of ether oxygens (including phenoxy) is 1. The molecule has 0 atom stereocenters. The summed E-state index contributed by atoms with van der Waals surface area (Å²) in [5, 5.41) is 10.8. The maximum Gasteiger partial charge on any atom is 0.303 e. The quantitative estimate of drug-likeness (QED) is 0.745. The predicted octanol–water partition coefficient (Wildman–Crippen LogP) is 4.14. The Kier molecular flexibility index (Phi) is 5.81. The molecule has 21 heavy (non-hydrogen) atoms. The molecule has 0 saturated heterocycles. The lowest BCUT2D eigenvalue weighted by molar-refractivity contribution is -0.137. The summed E-state index contributed by atoms with van der Waals surface area (Å²) in [6.45, 7) is 0. The van der Waals surface area contributed by atoms with Crippen molar-refractivity contribution < 1.29 is 14.6 Å². The van der Waals surface area contributed by atoms with Crippen LogP contribution in [0.4, 0.5) is 0 Å². The number of thiophene rings is 1. The molecule has 4 heteroatoms. The van der Waals surface area contributed by atoms with E-state index in [4.69, 9.17) is 9.84 Å². The van der Waals surface area contributed by atoms with E-state index < -0.39 is 5.97 Å². The molecule has 1 heterocycles. The van der Waals surface area contributed by atoms with Crippen LogP contribution in [0.15, 0.2) is 35.7 Å². The van der Waals surface area contributed by atoms with Gasteiger partial charge < -0.3 is 9.84 Å². The van der Waals surface area contributed by atoms with Gasteiger partial charge in [-0.25, -0.2) is 0 Å². The number of aliphatic carboxylic acids is 1. The van der Waals surface area contributed by atoms with Gasteiger partial charge in [-0.1, -0.05) is 12.1 Å². The Balaban J connectivity index is 1.91. The Morgan fingerprint density at radius 1 is 1.19 bits per heavy atom. The molecular formula is C17H20O3S. The summed E-state index contributed by atoms with van der Waals surface area (Å²) >= 11 is 1.76. The largest absolute Gasteiger partial charge is 0.497 e. The van der Waals surface area contributed by atoms with Crippen molar-refractivity contribution in [3.05, 3.63) is 51.7 Å². The van der Waals surface area contributed by atoms with Crippen molar-refractivity contribution >= 4 is 17.3 Å². The highest BCUT2D eigenvalue weighted by Crippen LogP contribution is 2.23. The van der Waals surface area contributed by atoms with Gasteiger partial charge >= 0.3 is 5.97 Å². The van der Waals surface area contributed by atoms with Crippen LogP contribution >= 0.6 is 11.3 Å². The predicted molar refractivity (Wildman–Crippen MR) is 85.3 cm³/mol. The van der Waals surface area contributed by atoms with Gasteiger partial charge in [-0.15, -0.1) is 11.3 Å². The summed E-state index contributed by atoms with van der Waals surface area (Å²) in [4.78, 5) is 11.9. The van der Waals surface area contributed by atoms with E-state index in [9.17, 15) is 4.79 Å². The minimum Gasteiger partial charge on any atom is -0.497 e. The van der Waals surface area contributed by atoms with Gasteiger partial charge in [0, 0.05) is 11.3 Å².